The van der Waals surface area contributed by atoms with Gasteiger partial charge in [0, 0.05) is 0 Å². The Hall–Kier alpha value is -0.610. The Kier molecular flexibility index (Phi) is 2.49. The van der Waals surface area contributed by atoms with Crippen LogP contribution in [0, 0.1) is 0 Å². The third kappa shape index (κ3) is 1.53. The number of hydrogen-bond donors (Lipinski definition) is 0. The Bertz CT molecular complexity index is 240. The molecule has 0 bridgehead atoms. The topological polar surface area (TPSA) is 51.4 Å². The zero-order chi connectivity index (χ0) is 10.2. The highest BCUT2D eigenvalue weighted by atomic mass is 16.9. The van der Waals surface area contributed by atoms with Gasteiger partial charge in [-0.1, -0.05) is 20.3 Å². The quantitative estimate of drug-likeness (QED) is 0.380. The number of carbonyl (C=O) groups excluding carboxylic acids is 1. The average Bonchev–Trinajstić information content (AvgIpc) is 3.06. The maximum atomic E-state index is 11.4. The van der Waals surface area contributed by atoms with Crippen molar-refractivity contribution in [1.29, 1.82) is 0 Å². The lowest BCUT2D eigenvalue weighted by molar-refractivity contribution is -0.145. The van der Waals surface area contributed by atoms with Crippen molar-refractivity contribution < 1.29 is 19.0 Å². The first-order valence-electron chi connectivity index (χ1n) is 5.27. The van der Waals surface area contributed by atoms with Crippen molar-refractivity contribution in [2.24, 2.45) is 0 Å². The van der Waals surface area contributed by atoms with Crippen LogP contribution in [0.5, 0.6) is 0 Å². The minimum atomic E-state index is -0.571. The molecular formula is C10H16O4. The number of carbonyl (C=O) groups is 1. The van der Waals surface area contributed by atoms with E-state index >= 15 is 0 Å². The molecule has 0 amide bonds. The number of epoxide rings is 2. The fourth-order valence-corrected chi connectivity index (χ4v) is 1.65. The molecular weight excluding hydrogens is 184 g/mol. The first-order chi connectivity index (χ1) is 6.74. The molecule has 3 atom stereocenters. The second kappa shape index (κ2) is 3.51. The third-order valence-corrected chi connectivity index (χ3v) is 2.66. The van der Waals surface area contributed by atoms with E-state index in [1.165, 1.54) is 0 Å². The highest BCUT2D eigenvalue weighted by molar-refractivity contribution is 5.80. The molecule has 2 saturated heterocycles. The van der Waals surface area contributed by atoms with E-state index in [2.05, 4.69) is 6.92 Å². The van der Waals surface area contributed by atoms with Crippen molar-refractivity contribution in [3.8, 4) is 0 Å². The number of unbranched alkanes of at least 4 members (excludes halogenated alkanes) is 1. The average molecular weight is 200 g/mol. The van der Waals surface area contributed by atoms with E-state index in [0.717, 1.165) is 19.3 Å². The Balaban J connectivity index is 1.69. The van der Waals surface area contributed by atoms with Crippen molar-refractivity contribution in [2.45, 2.75) is 51.1 Å². The fraction of sp³-hybridized carbons (Fsp3) is 0.900. The summed E-state index contributed by atoms with van der Waals surface area (Å²) in [5.74, 6) is -0.840. The van der Waals surface area contributed by atoms with Gasteiger partial charge in [0.25, 0.3) is 0 Å². The van der Waals surface area contributed by atoms with Crippen LogP contribution in [0.15, 0.2) is 0 Å². The number of hydrogen-bond acceptors (Lipinski definition) is 4. The molecule has 4 nitrogen and oxygen atoms in total. The van der Waals surface area contributed by atoms with Gasteiger partial charge in [0.2, 0.25) is 11.9 Å². The molecule has 0 aromatic rings. The van der Waals surface area contributed by atoms with E-state index in [4.69, 9.17) is 14.2 Å². The van der Waals surface area contributed by atoms with Gasteiger partial charge >= 0.3 is 5.97 Å². The Morgan fingerprint density at radius 1 is 1.43 bits per heavy atom. The Morgan fingerprint density at radius 2 is 2.21 bits per heavy atom. The lowest BCUT2D eigenvalue weighted by Gasteiger charge is -1.99. The molecule has 0 aromatic carbocycles. The standard InChI is InChI=1S/C10H16O4/c1-3-5-6-12-9(11)8-10(14-8)7(4-2)13-10/h7-8H,3-6H2,1-2H3. The van der Waals surface area contributed by atoms with Gasteiger partial charge < -0.3 is 14.2 Å². The second-order valence-corrected chi connectivity index (χ2v) is 3.76. The van der Waals surface area contributed by atoms with Crippen LogP contribution < -0.4 is 0 Å². The molecule has 1 spiro atoms. The highest BCUT2D eigenvalue weighted by Gasteiger charge is 2.79. The third-order valence-electron chi connectivity index (χ3n) is 2.66. The van der Waals surface area contributed by atoms with Gasteiger partial charge in [-0.15, -0.1) is 0 Å². The molecule has 14 heavy (non-hydrogen) atoms. The molecule has 4 heteroatoms. The van der Waals surface area contributed by atoms with Crippen LogP contribution in [0.25, 0.3) is 0 Å². The van der Waals surface area contributed by atoms with E-state index in [1.54, 1.807) is 0 Å². The van der Waals surface area contributed by atoms with Gasteiger partial charge in [-0.25, -0.2) is 4.79 Å². The summed E-state index contributed by atoms with van der Waals surface area (Å²) < 4.78 is 15.5. The molecule has 0 aromatic heterocycles. The lowest BCUT2D eigenvalue weighted by Crippen LogP contribution is -2.16. The summed E-state index contributed by atoms with van der Waals surface area (Å²) >= 11 is 0. The van der Waals surface area contributed by atoms with Gasteiger partial charge in [0.15, 0.2) is 0 Å². The fourth-order valence-electron chi connectivity index (χ4n) is 1.65. The first-order valence-corrected chi connectivity index (χ1v) is 5.27. The van der Waals surface area contributed by atoms with Crippen LogP contribution >= 0.6 is 0 Å². The predicted molar refractivity (Wildman–Crippen MR) is 48.6 cm³/mol. The SMILES string of the molecule is CCCCOC(=O)C1OC12OC2CC. The summed E-state index contributed by atoms with van der Waals surface area (Å²) in [7, 11) is 0. The van der Waals surface area contributed by atoms with Crippen molar-refractivity contribution in [1.82, 2.24) is 0 Å². The summed E-state index contributed by atoms with van der Waals surface area (Å²) in [6.45, 7) is 4.56. The van der Waals surface area contributed by atoms with Gasteiger partial charge in [-0.3, -0.25) is 0 Å². The summed E-state index contributed by atoms with van der Waals surface area (Å²) in [5.41, 5.74) is 0. The second-order valence-electron chi connectivity index (χ2n) is 3.76. The Labute approximate surface area is 83.5 Å². The van der Waals surface area contributed by atoms with Crippen molar-refractivity contribution >= 4 is 5.97 Å². The van der Waals surface area contributed by atoms with E-state index in [0.29, 0.717) is 6.61 Å². The molecule has 2 fully saturated rings. The maximum absolute atomic E-state index is 11.4. The minimum Gasteiger partial charge on any atom is -0.464 e. The molecule has 2 aliphatic rings. The summed E-state index contributed by atoms with van der Waals surface area (Å²) in [5, 5.41) is 0. The molecule has 0 saturated carbocycles. The number of rotatable bonds is 5. The van der Waals surface area contributed by atoms with Crippen LogP contribution in [-0.4, -0.2) is 30.6 Å². The predicted octanol–water partition coefficient (Wildman–Crippen LogP) is 1.23. The smallest absolute Gasteiger partial charge is 0.341 e. The molecule has 2 heterocycles. The van der Waals surface area contributed by atoms with Gasteiger partial charge in [-0.2, -0.15) is 0 Å². The van der Waals surface area contributed by atoms with Crippen molar-refractivity contribution in [2.75, 3.05) is 6.61 Å². The monoisotopic (exact) mass is 200 g/mol. The summed E-state index contributed by atoms with van der Waals surface area (Å²) in [6.07, 6.45) is 2.47. The van der Waals surface area contributed by atoms with Gasteiger partial charge in [0.1, 0.15) is 6.10 Å². The Morgan fingerprint density at radius 3 is 2.79 bits per heavy atom. The minimum absolute atomic E-state index is 0.103. The largest absolute Gasteiger partial charge is 0.464 e. The normalized spacial score (nSPS) is 38.4. The molecule has 2 rings (SSSR count). The lowest BCUT2D eigenvalue weighted by atomic mass is 10.2. The zero-order valence-corrected chi connectivity index (χ0v) is 8.62. The zero-order valence-electron chi connectivity index (χ0n) is 8.62. The van der Waals surface area contributed by atoms with Crippen LogP contribution in [0.1, 0.15) is 33.1 Å². The highest BCUT2D eigenvalue weighted by Crippen LogP contribution is 2.56. The number of ether oxygens (including phenoxy) is 3. The molecule has 0 aliphatic carbocycles. The molecule has 0 radical (unpaired) electrons. The molecule has 0 N–H and O–H groups in total. The summed E-state index contributed by atoms with van der Waals surface area (Å²) in [4.78, 5) is 11.4. The molecule has 80 valence electrons. The van der Waals surface area contributed by atoms with Crippen LogP contribution in [0.4, 0.5) is 0 Å². The summed E-state index contributed by atoms with van der Waals surface area (Å²) in [6, 6.07) is 0. The van der Waals surface area contributed by atoms with E-state index in [-0.39, 0.29) is 12.1 Å². The van der Waals surface area contributed by atoms with E-state index < -0.39 is 11.9 Å². The van der Waals surface area contributed by atoms with E-state index in [9.17, 15) is 4.79 Å². The van der Waals surface area contributed by atoms with Crippen molar-refractivity contribution in [3.05, 3.63) is 0 Å². The maximum Gasteiger partial charge on any atom is 0.341 e. The van der Waals surface area contributed by atoms with Gasteiger partial charge in [-0.05, 0) is 12.8 Å². The van der Waals surface area contributed by atoms with E-state index in [1.807, 2.05) is 6.92 Å². The number of esters is 1. The molecule has 2 aliphatic heterocycles. The van der Waals surface area contributed by atoms with Crippen molar-refractivity contribution in [3.63, 3.8) is 0 Å². The van der Waals surface area contributed by atoms with Crippen LogP contribution in [-0.2, 0) is 19.0 Å². The van der Waals surface area contributed by atoms with Gasteiger partial charge in [0.05, 0.1) is 6.61 Å². The first kappa shape index (κ1) is 9.93. The van der Waals surface area contributed by atoms with Crippen LogP contribution in [0.2, 0.25) is 0 Å². The van der Waals surface area contributed by atoms with Crippen LogP contribution in [0.3, 0.4) is 0 Å². The molecule has 3 unspecified atom stereocenters.